The number of benzene rings is 2. The molecule has 3 aromatic rings. The summed E-state index contributed by atoms with van der Waals surface area (Å²) < 4.78 is 14.9. The van der Waals surface area contributed by atoms with Crippen molar-refractivity contribution >= 4 is 5.91 Å². The maximum Gasteiger partial charge on any atom is 0.255 e. The molecule has 0 spiro atoms. The molecule has 4 rings (SSSR count). The molecule has 1 atom stereocenters. The van der Waals surface area contributed by atoms with Crippen LogP contribution in [0.3, 0.4) is 0 Å². The summed E-state index contributed by atoms with van der Waals surface area (Å²) in [6.45, 7) is 4.73. The van der Waals surface area contributed by atoms with Crippen molar-refractivity contribution in [3.63, 3.8) is 0 Å². The van der Waals surface area contributed by atoms with Crippen LogP contribution >= 0.6 is 0 Å². The summed E-state index contributed by atoms with van der Waals surface area (Å²) in [5, 5.41) is 11.0. The minimum atomic E-state index is -0.306. The number of carbonyl (C=O) groups is 1. The zero-order valence-corrected chi connectivity index (χ0v) is 16.5. The number of aromatic nitrogens is 2. The van der Waals surface area contributed by atoms with Gasteiger partial charge in [-0.05, 0) is 69.1 Å². The normalized spacial score (nSPS) is 16.1. The zero-order valence-electron chi connectivity index (χ0n) is 16.5. The van der Waals surface area contributed by atoms with Crippen LogP contribution in [0.2, 0.25) is 0 Å². The lowest BCUT2D eigenvalue weighted by Gasteiger charge is -2.09. The average Bonchev–Trinajstić information content (AvgIpc) is 3.38. The summed E-state index contributed by atoms with van der Waals surface area (Å²) in [6, 6.07) is 14.0. The highest BCUT2D eigenvalue weighted by atomic mass is 19.1. The molecule has 1 unspecified atom stereocenters. The molecule has 1 amide bonds. The van der Waals surface area contributed by atoms with Crippen LogP contribution < -0.4 is 10.6 Å². The summed E-state index contributed by atoms with van der Waals surface area (Å²) in [7, 11) is 0. The monoisotopic (exact) mass is 392 g/mol. The summed E-state index contributed by atoms with van der Waals surface area (Å²) in [4.78, 5) is 13.0. The molecule has 29 heavy (non-hydrogen) atoms. The smallest absolute Gasteiger partial charge is 0.255 e. The lowest BCUT2D eigenvalue weighted by Crippen LogP contribution is -2.26. The molecule has 2 heterocycles. The van der Waals surface area contributed by atoms with Crippen molar-refractivity contribution in [3.05, 3.63) is 71.7 Å². The Bertz CT molecular complexity index is 990. The third kappa shape index (κ3) is 4.54. The van der Waals surface area contributed by atoms with E-state index in [4.69, 9.17) is 0 Å². The number of hydrogen-bond acceptors (Lipinski definition) is 3. The molecule has 5 nitrogen and oxygen atoms in total. The van der Waals surface area contributed by atoms with Crippen molar-refractivity contribution in [1.29, 1.82) is 0 Å². The summed E-state index contributed by atoms with van der Waals surface area (Å²) in [6.07, 6.45) is 3.84. The third-order valence-corrected chi connectivity index (χ3v) is 5.34. The Morgan fingerprint density at radius 2 is 2.10 bits per heavy atom. The molecule has 1 aromatic heterocycles. The highest BCUT2D eigenvalue weighted by molar-refractivity contribution is 6.00. The maximum absolute atomic E-state index is 13.3. The summed E-state index contributed by atoms with van der Waals surface area (Å²) >= 11 is 0. The minimum absolute atomic E-state index is 0.138. The van der Waals surface area contributed by atoms with E-state index in [1.54, 1.807) is 23.0 Å². The van der Waals surface area contributed by atoms with E-state index < -0.39 is 0 Å². The zero-order chi connectivity index (χ0) is 20.2. The predicted molar refractivity (Wildman–Crippen MR) is 112 cm³/mol. The topological polar surface area (TPSA) is 59.0 Å². The lowest BCUT2D eigenvalue weighted by molar-refractivity contribution is 0.0952. The van der Waals surface area contributed by atoms with Gasteiger partial charge >= 0.3 is 0 Å². The Labute approximate surface area is 169 Å². The summed E-state index contributed by atoms with van der Waals surface area (Å²) in [5.41, 5.74) is 3.83. The van der Waals surface area contributed by atoms with Crippen LogP contribution in [0.4, 0.5) is 4.39 Å². The van der Waals surface area contributed by atoms with Gasteiger partial charge in [-0.2, -0.15) is 5.10 Å². The highest BCUT2D eigenvalue weighted by Gasteiger charge is 2.20. The first-order chi connectivity index (χ1) is 14.1. The molecule has 150 valence electrons. The molecule has 1 aliphatic heterocycles. The van der Waals surface area contributed by atoms with Crippen molar-refractivity contribution < 1.29 is 9.18 Å². The van der Waals surface area contributed by atoms with Gasteiger partial charge in [0.1, 0.15) is 11.5 Å². The number of carbonyl (C=O) groups excluding carboxylic acids is 1. The van der Waals surface area contributed by atoms with Crippen molar-refractivity contribution in [2.75, 3.05) is 19.6 Å². The standard InChI is InChI=1S/C23H25FN4O/c1-16-3-2-4-18(13-16)22-21(23(29)26-12-10-17-9-11-25-14-17)15-28(27-22)20-7-5-19(24)6-8-20/h2-8,13,15,17,25H,9-12,14H2,1H3,(H,26,29). The van der Waals surface area contributed by atoms with Crippen LogP contribution in [0.15, 0.2) is 54.7 Å². The Hall–Kier alpha value is -2.99. The number of nitrogens with one attached hydrogen (secondary N) is 2. The van der Waals surface area contributed by atoms with Crippen molar-refractivity contribution in [2.45, 2.75) is 19.8 Å². The Morgan fingerprint density at radius 1 is 1.28 bits per heavy atom. The van der Waals surface area contributed by atoms with Crippen LogP contribution in [-0.4, -0.2) is 35.3 Å². The molecule has 6 heteroatoms. The molecule has 0 bridgehead atoms. The fraction of sp³-hybridized carbons (Fsp3) is 0.304. The molecular weight excluding hydrogens is 367 g/mol. The minimum Gasteiger partial charge on any atom is -0.352 e. The summed E-state index contributed by atoms with van der Waals surface area (Å²) in [5.74, 6) is 0.175. The first kappa shape index (κ1) is 19.3. The fourth-order valence-electron chi connectivity index (χ4n) is 3.72. The van der Waals surface area contributed by atoms with E-state index in [-0.39, 0.29) is 11.7 Å². The van der Waals surface area contributed by atoms with E-state index in [0.29, 0.717) is 29.4 Å². The van der Waals surface area contributed by atoms with Crippen molar-refractivity contribution in [1.82, 2.24) is 20.4 Å². The SMILES string of the molecule is Cc1cccc(-c2nn(-c3ccc(F)cc3)cc2C(=O)NCCC2CCNC2)c1. The number of rotatable bonds is 6. The molecule has 1 aliphatic rings. The molecule has 0 saturated carbocycles. The van der Waals surface area contributed by atoms with Gasteiger partial charge in [-0.1, -0.05) is 23.8 Å². The first-order valence-corrected chi connectivity index (χ1v) is 10.0. The molecule has 2 N–H and O–H groups in total. The van der Waals surface area contributed by atoms with E-state index in [0.717, 1.165) is 37.1 Å². The van der Waals surface area contributed by atoms with Crippen molar-refractivity contribution in [2.24, 2.45) is 5.92 Å². The average molecular weight is 392 g/mol. The lowest BCUT2D eigenvalue weighted by atomic mass is 10.0. The van der Waals surface area contributed by atoms with Gasteiger partial charge in [0.15, 0.2) is 0 Å². The van der Waals surface area contributed by atoms with E-state index in [1.165, 1.54) is 12.1 Å². The van der Waals surface area contributed by atoms with E-state index in [9.17, 15) is 9.18 Å². The molecule has 2 aromatic carbocycles. The molecular formula is C23H25FN4O. The van der Waals surface area contributed by atoms with E-state index in [2.05, 4.69) is 15.7 Å². The van der Waals surface area contributed by atoms with Gasteiger partial charge in [0.2, 0.25) is 0 Å². The van der Waals surface area contributed by atoms with Crippen LogP contribution in [0, 0.1) is 18.7 Å². The second-order valence-corrected chi connectivity index (χ2v) is 7.59. The van der Waals surface area contributed by atoms with Gasteiger partial charge in [0.05, 0.1) is 11.3 Å². The van der Waals surface area contributed by atoms with Crippen LogP contribution in [0.1, 0.15) is 28.8 Å². The highest BCUT2D eigenvalue weighted by Crippen LogP contribution is 2.25. The van der Waals surface area contributed by atoms with Crippen LogP contribution in [0.5, 0.6) is 0 Å². The largest absolute Gasteiger partial charge is 0.352 e. The second-order valence-electron chi connectivity index (χ2n) is 7.59. The predicted octanol–water partition coefficient (Wildman–Crippen LogP) is 3.72. The number of amides is 1. The molecule has 0 aliphatic carbocycles. The van der Waals surface area contributed by atoms with Gasteiger partial charge in [0, 0.05) is 18.3 Å². The molecule has 1 fully saturated rings. The number of aryl methyl sites for hydroxylation is 1. The Balaban J connectivity index is 1.61. The third-order valence-electron chi connectivity index (χ3n) is 5.34. The van der Waals surface area contributed by atoms with E-state index in [1.807, 2.05) is 31.2 Å². The number of hydrogen-bond donors (Lipinski definition) is 2. The van der Waals surface area contributed by atoms with Gasteiger partial charge in [-0.15, -0.1) is 0 Å². The Morgan fingerprint density at radius 3 is 2.83 bits per heavy atom. The Kier molecular flexibility index (Phi) is 5.71. The van der Waals surface area contributed by atoms with Gasteiger partial charge in [-0.25, -0.2) is 9.07 Å². The van der Waals surface area contributed by atoms with E-state index >= 15 is 0 Å². The molecule has 0 radical (unpaired) electrons. The second kappa shape index (κ2) is 8.57. The van der Waals surface area contributed by atoms with Gasteiger partial charge < -0.3 is 10.6 Å². The van der Waals surface area contributed by atoms with Gasteiger partial charge in [0.25, 0.3) is 5.91 Å². The number of nitrogens with zero attached hydrogens (tertiary/aromatic N) is 2. The maximum atomic E-state index is 13.3. The van der Waals surface area contributed by atoms with Gasteiger partial charge in [-0.3, -0.25) is 4.79 Å². The fourth-order valence-corrected chi connectivity index (χ4v) is 3.72. The quantitative estimate of drug-likeness (QED) is 0.672. The molecule has 1 saturated heterocycles. The van der Waals surface area contributed by atoms with Crippen LogP contribution in [0.25, 0.3) is 16.9 Å². The van der Waals surface area contributed by atoms with Crippen LogP contribution in [-0.2, 0) is 0 Å². The first-order valence-electron chi connectivity index (χ1n) is 10.0. The van der Waals surface area contributed by atoms with Crippen molar-refractivity contribution in [3.8, 4) is 16.9 Å². The number of halogens is 1.